The average molecular weight is 471 g/mol. The van der Waals surface area contributed by atoms with Crippen LogP contribution in [-0.4, -0.2) is 26.6 Å². The Morgan fingerprint density at radius 3 is 2.70 bits per heavy atom. The molecule has 27 heavy (non-hydrogen) atoms. The van der Waals surface area contributed by atoms with Crippen LogP contribution in [0.4, 0.5) is 11.5 Å². The highest BCUT2D eigenvalue weighted by atomic mass is 127. The van der Waals surface area contributed by atoms with Crippen LogP contribution < -0.4 is 9.64 Å². The molecule has 4 aromatic rings. The Balaban J connectivity index is 1.59. The molecule has 0 amide bonds. The molecule has 0 aliphatic heterocycles. The van der Waals surface area contributed by atoms with Crippen molar-refractivity contribution in [1.29, 1.82) is 0 Å². The van der Waals surface area contributed by atoms with Crippen molar-refractivity contribution in [3.63, 3.8) is 0 Å². The predicted octanol–water partition coefficient (Wildman–Crippen LogP) is 4.84. The standard InChI is InChI=1S/C20H18IN5O/c1-13-10-14(26(3)19-8-9-22-20(21)24-19)4-7-18(13)27-15-5-6-17-16(11-15)23-12-25(17)2/h4-12H,1-3H3. The molecule has 2 heterocycles. The monoisotopic (exact) mass is 471 g/mol. The zero-order chi connectivity index (χ0) is 19.0. The molecule has 0 aliphatic carbocycles. The summed E-state index contributed by atoms with van der Waals surface area (Å²) in [6, 6.07) is 13.9. The van der Waals surface area contributed by atoms with Gasteiger partial charge in [0.05, 0.1) is 17.4 Å². The van der Waals surface area contributed by atoms with Gasteiger partial charge in [-0.2, -0.15) is 0 Å². The number of rotatable bonds is 4. The minimum atomic E-state index is 0.721. The maximum Gasteiger partial charge on any atom is 0.192 e. The summed E-state index contributed by atoms with van der Waals surface area (Å²) in [6.07, 6.45) is 3.57. The molecule has 0 N–H and O–H groups in total. The van der Waals surface area contributed by atoms with Gasteiger partial charge in [-0.05, 0) is 48.9 Å². The summed E-state index contributed by atoms with van der Waals surface area (Å²) in [6.45, 7) is 2.04. The summed E-state index contributed by atoms with van der Waals surface area (Å²) >= 11 is 2.11. The van der Waals surface area contributed by atoms with Crippen LogP contribution in [0.2, 0.25) is 0 Å². The van der Waals surface area contributed by atoms with E-state index < -0.39 is 0 Å². The Hall–Kier alpha value is -2.68. The van der Waals surface area contributed by atoms with Crippen LogP contribution in [0.3, 0.4) is 0 Å². The molecule has 0 spiro atoms. The van der Waals surface area contributed by atoms with E-state index in [2.05, 4.69) is 43.6 Å². The molecule has 0 saturated heterocycles. The van der Waals surface area contributed by atoms with Crippen LogP contribution >= 0.6 is 22.6 Å². The Labute approximate surface area is 171 Å². The highest BCUT2D eigenvalue weighted by Crippen LogP contribution is 2.31. The van der Waals surface area contributed by atoms with E-state index in [1.54, 1.807) is 12.5 Å². The van der Waals surface area contributed by atoms with Crippen LogP contribution in [0.15, 0.2) is 55.0 Å². The van der Waals surface area contributed by atoms with Gasteiger partial charge in [-0.15, -0.1) is 0 Å². The first-order valence-electron chi connectivity index (χ1n) is 8.43. The molecular weight excluding hydrogens is 453 g/mol. The number of hydrogen-bond acceptors (Lipinski definition) is 5. The number of anilines is 2. The third-order valence-corrected chi connectivity index (χ3v) is 4.95. The number of ether oxygens (including phenoxy) is 1. The summed E-state index contributed by atoms with van der Waals surface area (Å²) in [5.41, 5.74) is 4.08. The van der Waals surface area contributed by atoms with Crippen molar-refractivity contribution in [2.24, 2.45) is 7.05 Å². The fourth-order valence-corrected chi connectivity index (χ4v) is 3.32. The number of halogens is 1. The first-order valence-corrected chi connectivity index (χ1v) is 9.51. The fraction of sp³-hybridized carbons (Fsp3) is 0.150. The third kappa shape index (κ3) is 3.59. The number of hydrogen-bond donors (Lipinski definition) is 0. The van der Waals surface area contributed by atoms with Gasteiger partial charge in [0.25, 0.3) is 0 Å². The number of nitrogens with zero attached hydrogens (tertiary/aromatic N) is 5. The minimum absolute atomic E-state index is 0.721. The van der Waals surface area contributed by atoms with Crippen molar-refractivity contribution in [2.75, 3.05) is 11.9 Å². The van der Waals surface area contributed by atoms with Crippen molar-refractivity contribution in [3.8, 4) is 11.5 Å². The van der Waals surface area contributed by atoms with Crippen molar-refractivity contribution in [1.82, 2.24) is 19.5 Å². The van der Waals surface area contributed by atoms with Crippen LogP contribution in [-0.2, 0) is 7.05 Å². The van der Waals surface area contributed by atoms with E-state index >= 15 is 0 Å². The van der Waals surface area contributed by atoms with Gasteiger partial charge in [-0.3, -0.25) is 0 Å². The molecule has 7 heteroatoms. The topological polar surface area (TPSA) is 56.1 Å². The molecule has 0 aliphatic rings. The molecule has 2 aromatic carbocycles. The van der Waals surface area contributed by atoms with Gasteiger partial charge in [-0.25, -0.2) is 15.0 Å². The van der Waals surface area contributed by atoms with E-state index in [1.165, 1.54) is 0 Å². The smallest absolute Gasteiger partial charge is 0.192 e. The summed E-state index contributed by atoms with van der Waals surface area (Å²) < 4.78 is 8.80. The van der Waals surface area contributed by atoms with E-state index in [9.17, 15) is 0 Å². The zero-order valence-electron chi connectivity index (χ0n) is 15.2. The Morgan fingerprint density at radius 1 is 1.07 bits per heavy atom. The van der Waals surface area contributed by atoms with Gasteiger partial charge < -0.3 is 14.2 Å². The van der Waals surface area contributed by atoms with Crippen LogP contribution in [0.5, 0.6) is 11.5 Å². The second-order valence-electron chi connectivity index (χ2n) is 6.30. The zero-order valence-corrected chi connectivity index (χ0v) is 17.4. The maximum absolute atomic E-state index is 6.09. The molecule has 0 saturated carbocycles. The summed E-state index contributed by atoms with van der Waals surface area (Å²) in [5.74, 6) is 2.44. The molecule has 0 atom stereocenters. The molecule has 0 unspecified atom stereocenters. The second-order valence-corrected chi connectivity index (χ2v) is 7.27. The quantitative estimate of drug-likeness (QED) is 0.315. The maximum atomic E-state index is 6.09. The molecule has 2 aromatic heterocycles. The van der Waals surface area contributed by atoms with Crippen molar-refractivity contribution in [3.05, 3.63) is 64.4 Å². The summed E-state index contributed by atoms with van der Waals surface area (Å²) in [4.78, 5) is 15.0. The van der Waals surface area contributed by atoms with Crippen molar-refractivity contribution in [2.45, 2.75) is 6.92 Å². The van der Waals surface area contributed by atoms with Crippen LogP contribution in [0.1, 0.15) is 5.56 Å². The molecular formula is C20H18IN5O. The lowest BCUT2D eigenvalue weighted by Crippen LogP contribution is -2.12. The number of fused-ring (bicyclic) bond motifs is 1. The molecule has 0 bridgehead atoms. The van der Waals surface area contributed by atoms with E-state index in [4.69, 9.17) is 4.74 Å². The Bertz CT molecular complexity index is 1120. The van der Waals surface area contributed by atoms with Gasteiger partial charge in [0.15, 0.2) is 3.83 Å². The number of imidazole rings is 1. The first kappa shape index (κ1) is 17.7. The second kappa shape index (κ2) is 7.15. The Kier molecular flexibility index (Phi) is 4.69. The van der Waals surface area contributed by atoms with Gasteiger partial charge in [0.2, 0.25) is 0 Å². The van der Waals surface area contributed by atoms with E-state index in [1.807, 2.05) is 66.9 Å². The molecule has 0 fully saturated rings. The Morgan fingerprint density at radius 2 is 1.93 bits per heavy atom. The lowest BCUT2D eigenvalue weighted by Gasteiger charge is -2.19. The van der Waals surface area contributed by atoms with Crippen LogP contribution in [0, 0.1) is 10.8 Å². The summed E-state index contributed by atoms with van der Waals surface area (Å²) in [5, 5.41) is 0. The molecule has 136 valence electrons. The molecule has 0 radical (unpaired) electrons. The van der Waals surface area contributed by atoms with Crippen molar-refractivity contribution >= 4 is 45.1 Å². The average Bonchev–Trinajstić information content (AvgIpc) is 3.03. The summed E-state index contributed by atoms with van der Waals surface area (Å²) in [7, 11) is 3.97. The fourth-order valence-electron chi connectivity index (χ4n) is 2.91. The SMILES string of the molecule is Cc1cc(N(C)c2ccnc(I)n2)ccc1Oc1ccc2c(c1)ncn2C. The third-order valence-electron chi connectivity index (χ3n) is 4.43. The van der Waals surface area contributed by atoms with Crippen molar-refractivity contribution < 1.29 is 4.74 Å². The predicted molar refractivity (Wildman–Crippen MR) is 115 cm³/mol. The lowest BCUT2D eigenvalue weighted by atomic mass is 10.2. The first-order chi connectivity index (χ1) is 13.0. The number of aryl methyl sites for hydroxylation is 2. The highest BCUT2D eigenvalue weighted by molar-refractivity contribution is 14.1. The lowest BCUT2D eigenvalue weighted by molar-refractivity contribution is 0.479. The minimum Gasteiger partial charge on any atom is -0.457 e. The highest BCUT2D eigenvalue weighted by Gasteiger charge is 2.10. The normalized spacial score (nSPS) is 11.0. The number of benzene rings is 2. The number of aromatic nitrogens is 4. The van der Waals surface area contributed by atoms with E-state index in [0.29, 0.717) is 0 Å². The van der Waals surface area contributed by atoms with Gasteiger partial charge in [0.1, 0.15) is 17.3 Å². The van der Waals surface area contributed by atoms with Crippen LogP contribution in [0.25, 0.3) is 11.0 Å². The van der Waals surface area contributed by atoms with E-state index in [0.717, 1.165) is 43.4 Å². The molecule has 6 nitrogen and oxygen atoms in total. The van der Waals surface area contributed by atoms with Gasteiger partial charge in [0, 0.05) is 54.6 Å². The largest absolute Gasteiger partial charge is 0.457 e. The molecule has 4 rings (SSSR count). The van der Waals surface area contributed by atoms with Gasteiger partial charge in [-0.1, -0.05) is 0 Å². The van der Waals surface area contributed by atoms with Gasteiger partial charge >= 0.3 is 0 Å². The van der Waals surface area contributed by atoms with E-state index in [-0.39, 0.29) is 0 Å².